The number of rotatable bonds is 9. The van der Waals surface area contributed by atoms with Crippen molar-refractivity contribution in [3.63, 3.8) is 0 Å². The monoisotopic (exact) mass is 286 g/mol. The molecule has 4 unspecified atom stereocenters. The molecular weight excluding hydrogens is 256 g/mol. The summed E-state index contributed by atoms with van der Waals surface area (Å²) in [5.41, 5.74) is 0. The Morgan fingerprint density at radius 2 is 1.05 bits per heavy atom. The van der Waals surface area contributed by atoms with Crippen LogP contribution in [0.4, 0.5) is 0 Å². The van der Waals surface area contributed by atoms with E-state index in [-0.39, 0.29) is 23.8 Å². The van der Waals surface area contributed by atoms with Crippen LogP contribution < -0.4 is 0 Å². The van der Waals surface area contributed by atoms with E-state index in [4.69, 9.17) is 9.47 Å². The van der Waals surface area contributed by atoms with Gasteiger partial charge in [-0.3, -0.25) is 9.59 Å². The van der Waals surface area contributed by atoms with Crippen LogP contribution in [0.5, 0.6) is 0 Å². The number of hydrogen-bond donors (Lipinski definition) is 0. The summed E-state index contributed by atoms with van der Waals surface area (Å²) < 4.78 is 10.4. The van der Waals surface area contributed by atoms with E-state index in [9.17, 15) is 9.59 Å². The molecule has 0 fully saturated rings. The molecule has 0 aromatic heterocycles. The first-order valence-electron chi connectivity index (χ1n) is 7.77. The zero-order chi connectivity index (χ0) is 15.7. The van der Waals surface area contributed by atoms with Crippen molar-refractivity contribution >= 4 is 11.9 Å². The van der Waals surface area contributed by atoms with Crippen molar-refractivity contribution in [1.82, 2.24) is 0 Å². The second-order valence-electron chi connectivity index (χ2n) is 5.33. The molecule has 0 spiro atoms. The fraction of sp³-hybridized carbons (Fsp3) is 0.875. The smallest absolute Gasteiger partial charge is 0.310 e. The number of carbonyl (C=O) groups is 2. The molecule has 0 aliphatic carbocycles. The highest BCUT2D eigenvalue weighted by Crippen LogP contribution is 2.33. The van der Waals surface area contributed by atoms with Crippen LogP contribution in [0.25, 0.3) is 0 Å². The number of hydrogen-bond acceptors (Lipinski definition) is 4. The van der Waals surface area contributed by atoms with Gasteiger partial charge in [-0.05, 0) is 25.7 Å². The molecule has 0 bridgehead atoms. The van der Waals surface area contributed by atoms with E-state index in [1.165, 1.54) is 0 Å². The standard InChI is InChI=1S/C16H30O4/c1-7-11(5)13(15(17)19-9-3)14(12(6)8-2)16(18)20-10-4/h11-14H,7-10H2,1-6H3. The molecule has 0 radical (unpaired) electrons. The predicted octanol–water partition coefficient (Wildman–Crippen LogP) is 3.44. The number of esters is 2. The minimum absolute atomic E-state index is 0.0949. The Morgan fingerprint density at radius 1 is 0.750 bits per heavy atom. The first-order chi connectivity index (χ1) is 9.44. The van der Waals surface area contributed by atoms with Crippen molar-refractivity contribution in [2.24, 2.45) is 23.7 Å². The first kappa shape index (κ1) is 18.9. The largest absolute Gasteiger partial charge is 0.466 e. The van der Waals surface area contributed by atoms with Crippen molar-refractivity contribution in [2.45, 2.75) is 54.4 Å². The van der Waals surface area contributed by atoms with Crippen LogP contribution in [-0.4, -0.2) is 25.2 Å². The lowest BCUT2D eigenvalue weighted by molar-refractivity contribution is -0.165. The van der Waals surface area contributed by atoms with E-state index < -0.39 is 11.8 Å². The maximum Gasteiger partial charge on any atom is 0.310 e. The molecule has 0 rings (SSSR count). The summed E-state index contributed by atoms with van der Waals surface area (Å²) in [5, 5.41) is 0. The summed E-state index contributed by atoms with van der Waals surface area (Å²) in [6.07, 6.45) is 1.66. The van der Waals surface area contributed by atoms with E-state index in [0.29, 0.717) is 13.2 Å². The topological polar surface area (TPSA) is 52.6 Å². The predicted molar refractivity (Wildman–Crippen MR) is 79.2 cm³/mol. The fourth-order valence-electron chi connectivity index (χ4n) is 2.45. The van der Waals surface area contributed by atoms with Crippen LogP contribution in [-0.2, 0) is 19.1 Å². The highest BCUT2D eigenvalue weighted by Gasteiger charge is 2.41. The Balaban J connectivity index is 5.38. The summed E-state index contributed by atoms with van der Waals surface area (Å²) in [7, 11) is 0. The average molecular weight is 286 g/mol. The third kappa shape index (κ3) is 5.14. The third-order valence-corrected chi connectivity index (χ3v) is 4.02. The molecule has 0 aromatic carbocycles. The molecule has 0 N–H and O–H groups in total. The molecule has 0 amide bonds. The van der Waals surface area contributed by atoms with Gasteiger partial charge in [0.15, 0.2) is 0 Å². The van der Waals surface area contributed by atoms with Crippen LogP contribution in [0, 0.1) is 23.7 Å². The summed E-state index contributed by atoms with van der Waals surface area (Å²) in [5.74, 6) is -1.21. The van der Waals surface area contributed by atoms with Gasteiger partial charge in [-0.2, -0.15) is 0 Å². The van der Waals surface area contributed by atoms with E-state index in [0.717, 1.165) is 12.8 Å². The van der Waals surface area contributed by atoms with Gasteiger partial charge in [-0.1, -0.05) is 40.5 Å². The zero-order valence-corrected chi connectivity index (χ0v) is 13.8. The Bertz CT molecular complexity index is 271. The summed E-state index contributed by atoms with van der Waals surface area (Å²) >= 11 is 0. The second-order valence-corrected chi connectivity index (χ2v) is 5.33. The second kappa shape index (κ2) is 9.78. The van der Waals surface area contributed by atoms with Crippen LogP contribution in [0.3, 0.4) is 0 Å². The summed E-state index contributed by atoms with van der Waals surface area (Å²) in [6.45, 7) is 12.3. The molecular formula is C16H30O4. The van der Waals surface area contributed by atoms with Gasteiger partial charge in [-0.15, -0.1) is 0 Å². The molecule has 4 heteroatoms. The lowest BCUT2D eigenvalue weighted by atomic mass is 9.74. The molecule has 0 aliphatic heterocycles. The lowest BCUT2D eigenvalue weighted by Gasteiger charge is -2.31. The number of ether oxygens (including phenoxy) is 2. The average Bonchev–Trinajstić information content (AvgIpc) is 2.43. The summed E-state index contributed by atoms with van der Waals surface area (Å²) in [6, 6.07) is 0. The quantitative estimate of drug-likeness (QED) is 0.609. The zero-order valence-electron chi connectivity index (χ0n) is 13.8. The van der Waals surface area contributed by atoms with Crippen molar-refractivity contribution < 1.29 is 19.1 Å². The Hall–Kier alpha value is -1.06. The van der Waals surface area contributed by atoms with Crippen molar-refractivity contribution in [2.75, 3.05) is 13.2 Å². The Kier molecular flexibility index (Phi) is 9.26. The van der Waals surface area contributed by atoms with Gasteiger partial charge in [0, 0.05) is 0 Å². The molecule has 20 heavy (non-hydrogen) atoms. The Labute approximate surface area is 123 Å². The van der Waals surface area contributed by atoms with Crippen LogP contribution in [0.2, 0.25) is 0 Å². The first-order valence-corrected chi connectivity index (χ1v) is 7.77. The fourth-order valence-corrected chi connectivity index (χ4v) is 2.45. The molecule has 4 nitrogen and oxygen atoms in total. The minimum Gasteiger partial charge on any atom is -0.466 e. The highest BCUT2D eigenvalue weighted by atomic mass is 16.5. The highest BCUT2D eigenvalue weighted by molar-refractivity contribution is 5.82. The normalized spacial score (nSPS) is 16.9. The molecule has 0 heterocycles. The van der Waals surface area contributed by atoms with Crippen LogP contribution >= 0.6 is 0 Å². The van der Waals surface area contributed by atoms with Gasteiger partial charge >= 0.3 is 11.9 Å². The van der Waals surface area contributed by atoms with Crippen molar-refractivity contribution in [3.05, 3.63) is 0 Å². The van der Waals surface area contributed by atoms with Gasteiger partial charge in [0.2, 0.25) is 0 Å². The number of carbonyl (C=O) groups excluding carboxylic acids is 2. The van der Waals surface area contributed by atoms with Gasteiger partial charge in [0.25, 0.3) is 0 Å². The molecule has 0 saturated carbocycles. The van der Waals surface area contributed by atoms with Gasteiger partial charge < -0.3 is 9.47 Å². The maximum atomic E-state index is 12.3. The lowest BCUT2D eigenvalue weighted by Crippen LogP contribution is -2.40. The van der Waals surface area contributed by atoms with Crippen molar-refractivity contribution in [3.8, 4) is 0 Å². The molecule has 118 valence electrons. The maximum absolute atomic E-state index is 12.3. The van der Waals surface area contributed by atoms with Gasteiger partial charge in [0.1, 0.15) is 0 Å². The van der Waals surface area contributed by atoms with Gasteiger partial charge in [0.05, 0.1) is 25.0 Å². The molecule has 0 aliphatic rings. The van der Waals surface area contributed by atoms with E-state index >= 15 is 0 Å². The van der Waals surface area contributed by atoms with E-state index in [2.05, 4.69) is 0 Å². The molecule has 0 aromatic rings. The van der Waals surface area contributed by atoms with E-state index in [1.54, 1.807) is 13.8 Å². The van der Waals surface area contributed by atoms with Crippen LogP contribution in [0.15, 0.2) is 0 Å². The molecule has 0 saturated heterocycles. The SMILES string of the molecule is CCOC(=O)C(C(C)CC)C(C(=O)OCC)C(C)CC. The Morgan fingerprint density at radius 3 is 1.25 bits per heavy atom. The minimum atomic E-state index is -0.422. The molecule has 4 atom stereocenters. The third-order valence-electron chi connectivity index (χ3n) is 4.02. The summed E-state index contributed by atoms with van der Waals surface area (Å²) in [4.78, 5) is 24.6. The van der Waals surface area contributed by atoms with Crippen molar-refractivity contribution in [1.29, 1.82) is 0 Å². The van der Waals surface area contributed by atoms with Crippen LogP contribution in [0.1, 0.15) is 54.4 Å². The van der Waals surface area contributed by atoms with E-state index in [1.807, 2.05) is 27.7 Å². The van der Waals surface area contributed by atoms with Gasteiger partial charge in [-0.25, -0.2) is 0 Å².